The highest BCUT2D eigenvalue weighted by Gasteiger charge is 2.25. The van der Waals surface area contributed by atoms with Crippen LogP contribution in [0.2, 0.25) is 5.02 Å². The number of nitrogens with zero attached hydrogens (tertiary/aromatic N) is 1. The Morgan fingerprint density at radius 1 is 1.22 bits per heavy atom. The van der Waals surface area contributed by atoms with Gasteiger partial charge in [0.05, 0.1) is 10.6 Å². The van der Waals surface area contributed by atoms with Gasteiger partial charge in [-0.2, -0.15) is 0 Å². The molecule has 1 aliphatic heterocycles. The van der Waals surface area contributed by atoms with Crippen LogP contribution in [0.4, 0.5) is 10.5 Å². The zero-order valence-corrected chi connectivity index (χ0v) is 18.0. The largest absolute Gasteiger partial charge is 0.339 e. The van der Waals surface area contributed by atoms with Gasteiger partial charge in [-0.3, -0.25) is 4.79 Å². The van der Waals surface area contributed by atoms with Gasteiger partial charge in [-0.15, -0.1) is 12.4 Å². The first-order valence-corrected chi connectivity index (χ1v) is 9.40. The molecule has 0 bridgehead atoms. The number of hydrogen-bond acceptors (Lipinski definition) is 3. The average molecular weight is 417 g/mol. The molecule has 0 spiro atoms. The van der Waals surface area contributed by atoms with Crippen LogP contribution >= 0.6 is 24.0 Å². The van der Waals surface area contributed by atoms with E-state index in [1.165, 1.54) is 0 Å². The Bertz CT molecular complexity index is 654. The maximum Gasteiger partial charge on any atom is 0.319 e. The predicted molar refractivity (Wildman–Crippen MR) is 113 cm³/mol. The third kappa shape index (κ3) is 7.20. The summed E-state index contributed by atoms with van der Waals surface area (Å²) in [4.78, 5) is 26.7. The number of amides is 3. The van der Waals surface area contributed by atoms with Crippen LogP contribution in [0.3, 0.4) is 0 Å². The van der Waals surface area contributed by atoms with E-state index in [4.69, 9.17) is 11.6 Å². The first-order chi connectivity index (χ1) is 12.2. The SMILES string of the molecule is CNCC1CCN(C(=O)c2cc(NC(=O)NC(C)(C)C)ccc2Cl)CC1.Cl. The molecule has 3 N–H and O–H groups in total. The third-order valence-corrected chi connectivity index (χ3v) is 4.67. The number of hydrogen-bond donors (Lipinski definition) is 3. The summed E-state index contributed by atoms with van der Waals surface area (Å²) in [6, 6.07) is 4.67. The number of piperidine rings is 1. The van der Waals surface area contributed by atoms with E-state index in [-0.39, 0.29) is 29.9 Å². The fourth-order valence-electron chi connectivity index (χ4n) is 3.07. The molecule has 0 saturated carbocycles. The molecule has 1 fully saturated rings. The van der Waals surface area contributed by atoms with Crippen molar-refractivity contribution in [3.63, 3.8) is 0 Å². The number of halogens is 2. The van der Waals surface area contributed by atoms with Gasteiger partial charge in [-0.05, 0) is 71.3 Å². The van der Waals surface area contributed by atoms with Crippen molar-refractivity contribution in [1.82, 2.24) is 15.5 Å². The molecule has 0 aromatic heterocycles. The summed E-state index contributed by atoms with van der Waals surface area (Å²) < 4.78 is 0. The lowest BCUT2D eigenvalue weighted by atomic mass is 9.96. The Morgan fingerprint density at radius 3 is 2.41 bits per heavy atom. The van der Waals surface area contributed by atoms with E-state index >= 15 is 0 Å². The van der Waals surface area contributed by atoms with E-state index in [9.17, 15) is 9.59 Å². The molecule has 6 nitrogen and oxygen atoms in total. The van der Waals surface area contributed by atoms with E-state index in [0.29, 0.717) is 22.2 Å². The molecule has 1 aromatic carbocycles. The summed E-state index contributed by atoms with van der Waals surface area (Å²) in [5.41, 5.74) is 0.629. The van der Waals surface area contributed by atoms with Crippen LogP contribution in [0, 0.1) is 5.92 Å². The number of carbonyl (C=O) groups is 2. The molecule has 0 aliphatic carbocycles. The maximum absolute atomic E-state index is 12.8. The van der Waals surface area contributed by atoms with Crippen molar-refractivity contribution < 1.29 is 9.59 Å². The monoisotopic (exact) mass is 416 g/mol. The number of carbonyl (C=O) groups excluding carboxylic acids is 2. The van der Waals surface area contributed by atoms with Gasteiger partial charge in [0.2, 0.25) is 0 Å². The smallest absolute Gasteiger partial charge is 0.319 e. The van der Waals surface area contributed by atoms with Gasteiger partial charge in [0.25, 0.3) is 5.91 Å². The molecule has 27 heavy (non-hydrogen) atoms. The summed E-state index contributed by atoms with van der Waals surface area (Å²) in [5, 5.41) is 9.18. The van der Waals surface area contributed by atoms with Gasteiger partial charge in [0.1, 0.15) is 0 Å². The molecule has 0 unspecified atom stereocenters. The quantitative estimate of drug-likeness (QED) is 0.699. The summed E-state index contributed by atoms with van der Waals surface area (Å²) in [6.07, 6.45) is 1.96. The maximum atomic E-state index is 12.8. The number of anilines is 1. The number of likely N-dealkylation sites (tertiary alicyclic amines) is 1. The molecule has 0 atom stereocenters. The molecule has 8 heteroatoms. The lowest BCUT2D eigenvalue weighted by Gasteiger charge is -2.32. The second kappa shape index (κ2) is 10.2. The molecule has 1 saturated heterocycles. The Labute approximate surface area is 172 Å². The van der Waals surface area contributed by atoms with E-state index in [0.717, 1.165) is 32.5 Å². The van der Waals surface area contributed by atoms with E-state index in [2.05, 4.69) is 16.0 Å². The normalized spacial score (nSPS) is 15.1. The van der Waals surface area contributed by atoms with E-state index in [1.807, 2.05) is 32.7 Å². The zero-order valence-electron chi connectivity index (χ0n) is 16.4. The van der Waals surface area contributed by atoms with Crippen molar-refractivity contribution in [1.29, 1.82) is 0 Å². The topological polar surface area (TPSA) is 73.5 Å². The standard InChI is InChI=1S/C19H29ClN4O2.ClH/c1-19(2,3)23-18(26)22-14-5-6-16(20)15(11-14)17(25)24-9-7-13(8-10-24)12-21-4;/h5-6,11,13,21H,7-10,12H2,1-4H3,(H2,22,23,26);1H. The predicted octanol–water partition coefficient (Wildman–Crippen LogP) is 3.75. The average Bonchev–Trinajstić information content (AvgIpc) is 2.55. The highest BCUT2D eigenvalue weighted by atomic mass is 35.5. The first-order valence-electron chi connectivity index (χ1n) is 9.02. The minimum absolute atomic E-state index is 0. The highest BCUT2D eigenvalue weighted by Crippen LogP contribution is 2.25. The van der Waals surface area contributed by atoms with E-state index in [1.54, 1.807) is 18.2 Å². The Balaban J connectivity index is 0.00000364. The molecule has 1 aliphatic rings. The lowest BCUT2D eigenvalue weighted by molar-refractivity contribution is 0.0691. The third-order valence-electron chi connectivity index (χ3n) is 4.34. The van der Waals surface area contributed by atoms with Crippen LogP contribution in [0.1, 0.15) is 44.0 Å². The zero-order chi connectivity index (χ0) is 19.3. The second-order valence-electron chi connectivity index (χ2n) is 7.82. The molecule has 2 rings (SSSR count). The number of rotatable bonds is 4. The summed E-state index contributed by atoms with van der Waals surface area (Å²) in [7, 11) is 1.95. The van der Waals surface area contributed by atoms with Crippen molar-refractivity contribution in [3.8, 4) is 0 Å². The highest BCUT2D eigenvalue weighted by molar-refractivity contribution is 6.34. The molecule has 3 amide bonds. The molecular weight excluding hydrogens is 387 g/mol. The van der Waals surface area contributed by atoms with Crippen molar-refractivity contribution in [2.24, 2.45) is 5.92 Å². The Hall–Kier alpha value is -1.50. The fourth-order valence-corrected chi connectivity index (χ4v) is 3.27. The Kier molecular flexibility index (Phi) is 8.85. The van der Waals surface area contributed by atoms with Crippen LogP contribution in [0.25, 0.3) is 0 Å². The molecule has 1 heterocycles. The minimum Gasteiger partial charge on any atom is -0.339 e. The van der Waals surface area contributed by atoms with Gasteiger partial charge in [0, 0.05) is 24.3 Å². The van der Waals surface area contributed by atoms with Crippen molar-refractivity contribution in [2.75, 3.05) is 32.0 Å². The van der Waals surface area contributed by atoms with Crippen LogP contribution in [-0.2, 0) is 0 Å². The lowest BCUT2D eigenvalue weighted by Crippen LogP contribution is -2.43. The summed E-state index contributed by atoms with van der Waals surface area (Å²) in [5.74, 6) is 0.520. The van der Waals surface area contributed by atoms with Crippen molar-refractivity contribution in [3.05, 3.63) is 28.8 Å². The second-order valence-corrected chi connectivity index (χ2v) is 8.22. The van der Waals surface area contributed by atoms with Gasteiger partial charge >= 0.3 is 6.03 Å². The van der Waals surface area contributed by atoms with Gasteiger partial charge < -0.3 is 20.9 Å². The van der Waals surface area contributed by atoms with Crippen molar-refractivity contribution in [2.45, 2.75) is 39.2 Å². The number of nitrogens with one attached hydrogen (secondary N) is 3. The Morgan fingerprint density at radius 2 is 1.85 bits per heavy atom. The summed E-state index contributed by atoms with van der Waals surface area (Å²) >= 11 is 6.25. The van der Waals surface area contributed by atoms with Crippen molar-refractivity contribution >= 4 is 41.6 Å². The summed E-state index contributed by atoms with van der Waals surface area (Å²) in [6.45, 7) is 8.14. The van der Waals surface area contributed by atoms with Gasteiger partial charge in [-0.1, -0.05) is 11.6 Å². The molecule has 1 aromatic rings. The van der Waals surface area contributed by atoms with Crippen LogP contribution in [-0.4, -0.2) is 49.1 Å². The minimum atomic E-state index is -0.340. The van der Waals surface area contributed by atoms with Gasteiger partial charge in [0.15, 0.2) is 0 Å². The molecule has 0 radical (unpaired) electrons. The fraction of sp³-hybridized carbons (Fsp3) is 0.579. The van der Waals surface area contributed by atoms with Crippen LogP contribution < -0.4 is 16.0 Å². The van der Waals surface area contributed by atoms with Crippen LogP contribution in [0.5, 0.6) is 0 Å². The molecule has 152 valence electrons. The molecular formula is C19H30Cl2N4O2. The number of benzene rings is 1. The van der Waals surface area contributed by atoms with Gasteiger partial charge in [-0.25, -0.2) is 4.79 Å². The first kappa shape index (κ1) is 23.5. The van der Waals surface area contributed by atoms with Crippen LogP contribution in [0.15, 0.2) is 18.2 Å². The number of urea groups is 1. The van der Waals surface area contributed by atoms with E-state index < -0.39 is 0 Å².